The van der Waals surface area contributed by atoms with E-state index in [2.05, 4.69) is 56.8 Å². The van der Waals surface area contributed by atoms with E-state index < -0.39 is 0 Å². The smallest absolute Gasteiger partial charge is 0.225 e. The van der Waals surface area contributed by atoms with Gasteiger partial charge in [0, 0.05) is 41.2 Å². The summed E-state index contributed by atoms with van der Waals surface area (Å²) < 4.78 is 2.55. The average molecular weight is 605 g/mol. The average Bonchev–Trinajstić information content (AvgIpc) is 3.77. The minimum Gasteiger partial charge on any atom is -0.618 e. The molecule has 2 aliphatic rings. The maximum absolute atomic E-state index is 13.8. The second-order valence-electron chi connectivity index (χ2n) is 11.9. The number of halogens is 1. The van der Waals surface area contributed by atoms with Gasteiger partial charge in [0.1, 0.15) is 6.33 Å². The van der Waals surface area contributed by atoms with Crippen molar-refractivity contribution in [2.24, 2.45) is 5.92 Å². The topological polar surface area (TPSA) is 90.9 Å². The van der Waals surface area contributed by atoms with Crippen molar-refractivity contribution in [3.8, 4) is 16.8 Å². The minimum atomic E-state index is -0.154. The van der Waals surface area contributed by atoms with Gasteiger partial charge in [-0.3, -0.25) is 4.79 Å². The predicted molar refractivity (Wildman–Crippen MR) is 168 cm³/mol. The van der Waals surface area contributed by atoms with E-state index in [1.54, 1.807) is 16.9 Å². The fraction of sp³-hybridized carbons (Fsp3) is 0.286. The third-order valence-corrected chi connectivity index (χ3v) is 9.20. The summed E-state index contributed by atoms with van der Waals surface area (Å²) in [5.41, 5.74) is 6.42. The number of tetrazole rings is 1. The van der Waals surface area contributed by atoms with Crippen LogP contribution in [0.15, 0.2) is 97.5 Å². The Kier molecular flexibility index (Phi) is 7.83. The maximum atomic E-state index is 13.8. The number of aromatic nitrogens is 5. The molecule has 1 amide bonds. The third kappa shape index (κ3) is 5.95. The van der Waals surface area contributed by atoms with Crippen molar-refractivity contribution in [3.05, 3.63) is 130 Å². The fourth-order valence-corrected chi connectivity index (χ4v) is 6.60. The van der Waals surface area contributed by atoms with E-state index in [0.717, 1.165) is 71.4 Å². The highest BCUT2D eigenvalue weighted by Crippen LogP contribution is 2.36. The molecule has 1 saturated heterocycles. The molecule has 3 heterocycles. The first-order valence-electron chi connectivity index (χ1n) is 15.2. The van der Waals surface area contributed by atoms with Crippen LogP contribution in [0.5, 0.6) is 0 Å². The Morgan fingerprint density at radius 3 is 2.50 bits per heavy atom. The first kappa shape index (κ1) is 28.2. The van der Waals surface area contributed by atoms with Gasteiger partial charge in [-0.05, 0) is 89.4 Å². The minimum absolute atomic E-state index is 0.154. The van der Waals surface area contributed by atoms with Crippen molar-refractivity contribution < 1.29 is 9.52 Å². The van der Waals surface area contributed by atoms with E-state index in [9.17, 15) is 10.0 Å². The molecule has 7 rings (SSSR count). The summed E-state index contributed by atoms with van der Waals surface area (Å²) in [5, 5.41) is 26.0. The van der Waals surface area contributed by atoms with Crippen molar-refractivity contribution in [3.63, 3.8) is 0 Å². The normalized spacial score (nSPS) is 16.2. The molecule has 0 radical (unpaired) electrons. The van der Waals surface area contributed by atoms with Crippen molar-refractivity contribution in [2.75, 3.05) is 13.1 Å². The van der Waals surface area contributed by atoms with E-state index in [4.69, 9.17) is 11.6 Å². The quantitative estimate of drug-likeness (QED) is 0.157. The highest BCUT2D eigenvalue weighted by Gasteiger charge is 2.35. The number of amides is 1. The molecule has 9 heteroatoms. The number of hydrogen-bond acceptors (Lipinski definition) is 5. The van der Waals surface area contributed by atoms with Crippen LogP contribution in [0.3, 0.4) is 0 Å². The number of carbonyl (C=O) groups excluding carboxylic acids is 1. The molecule has 0 unspecified atom stereocenters. The van der Waals surface area contributed by atoms with E-state index in [1.165, 1.54) is 11.9 Å². The summed E-state index contributed by atoms with van der Waals surface area (Å²) in [6.07, 6.45) is 7.84. The van der Waals surface area contributed by atoms with Gasteiger partial charge in [0.15, 0.2) is 6.20 Å². The maximum Gasteiger partial charge on any atom is 0.225 e. The lowest BCUT2D eigenvalue weighted by molar-refractivity contribution is -0.614. The van der Waals surface area contributed by atoms with Gasteiger partial charge in [-0.15, -0.1) is 5.10 Å². The van der Waals surface area contributed by atoms with Crippen molar-refractivity contribution in [1.82, 2.24) is 25.1 Å². The van der Waals surface area contributed by atoms with E-state index in [0.29, 0.717) is 29.0 Å². The second-order valence-corrected chi connectivity index (χ2v) is 12.3. The molecule has 1 aliphatic heterocycles. The van der Waals surface area contributed by atoms with Crippen LogP contribution >= 0.6 is 11.6 Å². The van der Waals surface area contributed by atoms with E-state index in [-0.39, 0.29) is 11.8 Å². The van der Waals surface area contributed by atoms with Gasteiger partial charge >= 0.3 is 0 Å². The van der Waals surface area contributed by atoms with Crippen LogP contribution in [0.4, 0.5) is 0 Å². The zero-order valence-electron chi connectivity index (χ0n) is 24.3. The molecule has 8 nitrogen and oxygen atoms in total. The molecule has 0 bridgehead atoms. The zero-order chi connectivity index (χ0) is 30.0. The Morgan fingerprint density at radius 2 is 1.77 bits per heavy atom. The van der Waals surface area contributed by atoms with Crippen LogP contribution in [0.2, 0.25) is 5.02 Å². The molecule has 3 aromatic carbocycles. The number of benzene rings is 3. The molecule has 5 aromatic rings. The van der Waals surface area contributed by atoms with Gasteiger partial charge in [-0.2, -0.15) is 9.41 Å². The Hall–Kier alpha value is -4.56. The molecule has 1 saturated carbocycles. The lowest BCUT2D eigenvalue weighted by atomic mass is 9.84. The molecule has 2 fully saturated rings. The molecule has 1 aliphatic carbocycles. The van der Waals surface area contributed by atoms with Crippen LogP contribution in [-0.2, 0) is 11.2 Å². The monoisotopic (exact) mass is 604 g/mol. The van der Waals surface area contributed by atoms with Crippen molar-refractivity contribution >= 4 is 17.5 Å². The highest BCUT2D eigenvalue weighted by molar-refractivity contribution is 6.31. The second kappa shape index (κ2) is 12.2. The number of piperidine rings is 1. The van der Waals surface area contributed by atoms with Crippen LogP contribution in [-0.4, -0.2) is 44.1 Å². The molecule has 222 valence electrons. The number of pyridine rings is 1. The predicted octanol–water partition coefficient (Wildman–Crippen LogP) is 6.11. The summed E-state index contributed by atoms with van der Waals surface area (Å²) >= 11 is 6.37. The van der Waals surface area contributed by atoms with Crippen LogP contribution in [0, 0.1) is 11.1 Å². The SMILES string of the molecule is O=C(C1CC1)N1CCC(c2cccc([C@H](Cc3ccccc3)c3ccc(-c4cc(Cl)ccc4-n4cnnn4)c[n+]3[O-])c2)CC1. The van der Waals surface area contributed by atoms with Gasteiger partial charge < -0.3 is 10.1 Å². The number of hydrogen-bond donors (Lipinski definition) is 0. The van der Waals surface area contributed by atoms with Crippen molar-refractivity contribution in [1.29, 1.82) is 0 Å². The van der Waals surface area contributed by atoms with E-state index in [1.807, 2.05) is 42.5 Å². The van der Waals surface area contributed by atoms with Gasteiger partial charge in [0.25, 0.3) is 0 Å². The van der Waals surface area contributed by atoms with Gasteiger partial charge in [-0.1, -0.05) is 66.2 Å². The first-order valence-corrected chi connectivity index (χ1v) is 15.6. The summed E-state index contributed by atoms with van der Waals surface area (Å²) in [7, 11) is 0. The Balaban J connectivity index is 1.21. The summed E-state index contributed by atoms with van der Waals surface area (Å²) in [6.45, 7) is 1.63. The highest BCUT2D eigenvalue weighted by atomic mass is 35.5. The summed E-state index contributed by atoms with van der Waals surface area (Å²) in [5.74, 6) is 0.846. The number of rotatable bonds is 8. The third-order valence-electron chi connectivity index (χ3n) is 8.97. The summed E-state index contributed by atoms with van der Waals surface area (Å²) in [4.78, 5) is 14.7. The Labute approximate surface area is 261 Å². The first-order chi connectivity index (χ1) is 21.5. The Bertz CT molecular complexity index is 1770. The molecular weight excluding hydrogens is 572 g/mol. The van der Waals surface area contributed by atoms with Gasteiger partial charge in [-0.25, -0.2) is 0 Å². The molecule has 44 heavy (non-hydrogen) atoms. The number of likely N-dealkylation sites (tertiary alicyclic amines) is 1. The standard InChI is InChI=1S/C35H33ClN6O2/c36-30-12-14-33(41-23-37-38-39-41)32(21-30)29-11-13-34(42(44)22-29)31(19-24-5-2-1-3-6-24)28-8-4-7-27(20-28)25-15-17-40(18-16-25)35(43)26-9-10-26/h1-8,11-14,20-23,25-26,31H,9-10,15-19H2/t31-/m0/s1. The number of nitrogens with zero attached hydrogens (tertiary/aromatic N) is 6. The summed E-state index contributed by atoms with van der Waals surface area (Å²) in [6, 6.07) is 28.3. The lowest BCUT2D eigenvalue weighted by Gasteiger charge is -2.32. The van der Waals surface area contributed by atoms with Gasteiger partial charge in [0.2, 0.25) is 11.6 Å². The van der Waals surface area contributed by atoms with Crippen LogP contribution < -0.4 is 4.73 Å². The van der Waals surface area contributed by atoms with Crippen LogP contribution in [0.25, 0.3) is 16.8 Å². The number of carbonyl (C=O) groups is 1. The zero-order valence-corrected chi connectivity index (χ0v) is 25.1. The van der Waals surface area contributed by atoms with Crippen molar-refractivity contribution in [2.45, 2.75) is 43.9 Å². The molecule has 1 atom stereocenters. The van der Waals surface area contributed by atoms with Crippen LogP contribution in [0.1, 0.15) is 59.9 Å². The van der Waals surface area contributed by atoms with Gasteiger partial charge in [0.05, 0.1) is 11.6 Å². The fourth-order valence-electron chi connectivity index (χ4n) is 6.43. The largest absolute Gasteiger partial charge is 0.618 e. The molecule has 0 spiro atoms. The molecular formula is C35H33ClN6O2. The van der Waals surface area contributed by atoms with E-state index >= 15 is 0 Å². The molecule has 2 aromatic heterocycles. The Morgan fingerprint density at radius 1 is 0.955 bits per heavy atom. The lowest BCUT2D eigenvalue weighted by Crippen LogP contribution is -2.38. The molecule has 0 N–H and O–H groups in total.